The van der Waals surface area contributed by atoms with Crippen LogP contribution < -0.4 is 5.32 Å². The number of hydrogen-bond donors (Lipinski definition) is 1. The zero-order valence-electron chi connectivity index (χ0n) is 11.1. The first-order valence-corrected chi connectivity index (χ1v) is 5.90. The summed E-state index contributed by atoms with van der Waals surface area (Å²) in [5.41, 5.74) is 1.61. The predicted octanol–water partition coefficient (Wildman–Crippen LogP) is 1.59. The molecular formula is C12H19N5. The summed E-state index contributed by atoms with van der Waals surface area (Å²) in [6, 6.07) is 1.95. The minimum absolute atomic E-state index is 0.212. The molecule has 2 aromatic heterocycles. The molecule has 0 unspecified atom stereocenters. The maximum atomic E-state index is 4.46. The highest BCUT2D eigenvalue weighted by Gasteiger charge is 2.26. The molecule has 0 aliphatic heterocycles. The summed E-state index contributed by atoms with van der Waals surface area (Å²) in [5, 5.41) is 11.9. The van der Waals surface area contributed by atoms with Crippen molar-refractivity contribution in [3.63, 3.8) is 0 Å². The van der Waals surface area contributed by atoms with Crippen LogP contribution in [0.15, 0.2) is 6.07 Å². The lowest BCUT2D eigenvalue weighted by Gasteiger charge is -2.24. The highest BCUT2D eigenvalue weighted by Crippen LogP contribution is 2.20. The summed E-state index contributed by atoms with van der Waals surface area (Å²) < 4.78 is 2.01. The third kappa shape index (κ3) is 2.02. The van der Waals surface area contributed by atoms with Gasteiger partial charge in [0.1, 0.15) is 5.82 Å². The van der Waals surface area contributed by atoms with E-state index >= 15 is 0 Å². The topological polar surface area (TPSA) is 55.1 Å². The van der Waals surface area contributed by atoms with Crippen LogP contribution in [0.5, 0.6) is 0 Å². The first kappa shape index (κ1) is 12.0. The fraction of sp³-hybridized carbons (Fsp3) is 0.583. The average molecular weight is 233 g/mol. The molecule has 0 bridgehead atoms. The second-order valence-electron chi connectivity index (χ2n) is 4.82. The van der Waals surface area contributed by atoms with E-state index in [2.05, 4.69) is 41.3 Å². The van der Waals surface area contributed by atoms with E-state index in [0.29, 0.717) is 0 Å². The van der Waals surface area contributed by atoms with E-state index in [0.717, 1.165) is 29.5 Å². The Hall–Kier alpha value is -1.49. The zero-order chi connectivity index (χ0) is 12.6. The molecular weight excluding hydrogens is 214 g/mol. The lowest BCUT2D eigenvalue weighted by atomic mass is 10.0. The summed E-state index contributed by atoms with van der Waals surface area (Å²) in [6.45, 7) is 11.1. The molecule has 1 N–H and O–H groups in total. The van der Waals surface area contributed by atoms with Crippen molar-refractivity contribution in [1.29, 1.82) is 0 Å². The van der Waals surface area contributed by atoms with Crippen molar-refractivity contribution in [2.45, 2.75) is 40.2 Å². The van der Waals surface area contributed by atoms with Crippen LogP contribution in [0.2, 0.25) is 0 Å². The first-order chi connectivity index (χ1) is 7.95. The van der Waals surface area contributed by atoms with Crippen molar-refractivity contribution in [1.82, 2.24) is 24.9 Å². The van der Waals surface area contributed by atoms with Crippen molar-refractivity contribution >= 4 is 5.65 Å². The molecule has 0 fully saturated rings. The van der Waals surface area contributed by atoms with E-state index in [4.69, 9.17) is 0 Å². The maximum absolute atomic E-state index is 4.46. The molecule has 2 aromatic rings. The lowest BCUT2D eigenvalue weighted by molar-refractivity contribution is 0.386. The summed E-state index contributed by atoms with van der Waals surface area (Å²) in [6.07, 6.45) is 0. The van der Waals surface area contributed by atoms with Gasteiger partial charge in [0.2, 0.25) is 0 Å². The standard InChI is InChI=1S/C12H19N5/c1-6-13-12(4,5)11-16-15-10-7-8(2)14-9(3)17(10)11/h7,13H,6H2,1-5H3. The van der Waals surface area contributed by atoms with Crippen LogP contribution in [-0.4, -0.2) is 26.1 Å². The van der Waals surface area contributed by atoms with Crippen LogP contribution in [0.25, 0.3) is 5.65 Å². The van der Waals surface area contributed by atoms with Gasteiger partial charge in [-0.25, -0.2) is 4.98 Å². The molecule has 0 amide bonds. The zero-order valence-corrected chi connectivity index (χ0v) is 11.1. The molecule has 5 nitrogen and oxygen atoms in total. The van der Waals surface area contributed by atoms with Crippen LogP contribution >= 0.6 is 0 Å². The lowest BCUT2D eigenvalue weighted by Crippen LogP contribution is -2.38. The Kier molecular flexibility index (Phi) is 2.87. The Labute approximate surface area is 101 Å². The van der Waals surface area contributed by atoms with E-state index in [-0.39, 0.29) is 5.54 Å². The number of aryl methyl sites for hydroxylation is 2. The number of nitrogens with zero attached hydrogens (tertiary/aromatic N) is 4. The average Bonchev–Trinajstić information content (AvgIpc) is 2.61. The predicted molar refractivity (Wildman–Crippen MR) is 67.0 cm³/mol. The summed E-state index contributed by atoms with van der Waals surface area (Å²) in [5.74, 6) is 1.82. The van der Waals surface area contributed by atoms with E-state index in [9.17, 15) is 0 Å². The fourth-order valence-electron chi connectivity index (χ4n) is 2.16. The molecule has 2 heterocycles. The molecule has 92 valence electrons. The van der Waals surface area contributed by atoms with Gasteiger partial charge < -0.3 is 5.32 Å². The summed E-state index contributed by atoms with van der Waals surface area (Å²) >= 11 is 0. The highest BCUT2D eigenvalue weighted by atomic mass is 15.3. The minimum atomic E-state index is -0.212. The van der Waals surface area contributed by atoms with E-state index in [1.54, 1.807) is 0 Å². The van der Waals surface area contributed by atoms with Gasteiger partial charge in [0.25, 0.3) is 0 Å². The van der Waals surface area contributed by atoms with Gasteiger partial charge in [-0.1, -0.05) is 6.92 Å². The molecule has 0 aliphatic rings. The molecule has 17 heavy (non-hydrogen) atoms. The molecule has 2 rings (SSSR count). The van der Waals surface area contributed by atoms with E-state index in [1.165, 1.54) is 0 Å². The van der Waals surface area contributed by atoms with Crippen molar-refractivity contribution < 1.29 is 0 Å². The van der Waals surface area contributed by atoms with Gasteiger partial charge in [-0.05, 0) is 34.2 Å². The number of nitrogens with one attached hydrogen (secondary N) is 1. The molecule has 0 atom stereocenters. The molecule has 0 spiro atoms. The van der Waals surface area contributed by atoms with Crippen LogP contribution in [0.3, 0.4) is 0 Å². The van der Waals surface area contributed by atoms with Gasteiger partial charge in [0.15, 0.2) is 11.5 Å². The largest absolute Gasteiger partial charge is 0.305 e. The van der Waals surface area contributed by atoms with Gasteiger partial charge in [-0.3, -0.25) is 4.40 Å². The van der Waals surface area contributed by atoms with Gasteiger partial charge in [-0.15, -0.1) is 10.2 Å². The van der Waals surface area contributed by atoms with Crippen LogP contribution in [0.4, 0.5) is 0 Å². The second kappa shape index (κ2) is 4.07. The quantitative estimate of drug-likeness (QED) is 0.874. The third-order valence-corrected chi connectivity index (χ3v) is 2.87. The minimum Gasteiger partial charge on any atom is -0.305 e. The van der Waals surface area contributed by atoms with Crippen molar-refractivity contribution in [2.75, 3.05) is 6.54 Å². The highest BCUT2D eigenvalue weighted by molar-refractivity contribution is 5.40. The normalized spacial score (nSPS) is 12.3. The molecule has 0 saturated heterocycles. The van der Waals surface area contributed by atoms with Gasteiger partial charge in [0.05, 0.1) is 5.54 Å². The number of aromatic nitrogens is 4. The van der Waals surface area contributed by atoms with Crippen molar-refractivity contribution in [2.24, 2.45) is 0 Å². The van der Waals surface area contributed by atoms with E-state index < -0.39 is 0 Å². The Morgan fingerprint density at radius 1 is 1.29 bits per heavy atom. The third-order valence-electron chi connectivity index (χ3n) is 2.87. The summed E-state index contributed by atoms with van der Waals surface area (Å²) in [4.78, 5) is 4.46. The Balaban J connectivity index is 2.64. The first-order valence-electron chi connectivity index (χ1n) is 5.90. The van der Waals surface area contributed by atoms with Gasteiger partial charge in [-0.2, -0.15) is 0 Å². The van der Waals surface area contributed by atoms with Crippen LogP contribution in [-0.2, 0) is 5.54 Å². The molecule has 0 aromatic carbocycles. The second-order valence-corrected chi connectivity index (χ2v) is 4.82. The summed E-state index contributed by atoms with van der Waals surface area (Å²) in [7, 11) is 0. The molecule has 0 radical (unpaired) electrons. The molecule has 0 saturated carbocycles. The van der Waals surface area contributed by atoms with Gasteiger partial charge >= 0.3 is 0 Å². The fourth-order valence-corrected chi connectivity index (χ4v) is 2.16. The smallest absolute Gasteiger partial charge is 0.164 e. The number of rotatable bonds is 3. The Bertz CT molecular complexity index is 541. The Morgan fingerprint density at radius 3 is 2.65 bits per heavy atom. The Morgan fingerprint density at radius 2 is 2.00 bits per heavy atom. The molecule has 5 heteroatoms. The van der Waals surface area contributed by atoms with Crippen molar-refractivity contribution in [3.8, 4) is 0 Å². The van der Waals surface area contributed by atoms with Crippen molar-refractivity contribution in [3.05, 3.63) is 23.4 Å². The maximum Gasteiger partial charge on any atom is 0.164 e. The van der Waals surface area contributed by atoms with Gasteiger partial charge in [0, 0.05) is 11.8 Å². The van der Waals surface area contributed by atoms with E-state index in [1.807, 2.05) is 24.3 Å². The SMILES string of the molecule is CCNC(C)(C)c1nnc2cc(C)nc(C)n12. The molecule has 0 aliphatic carbocycles. The monoisotopic (exact) mass is 233 g/mol. The van der Waals surface area contributed by atoms with Crippen LogP contribution in [0, 0.1) is 13.8 Å². The number of hydrogen-bond acceptors (Lipinski definition) is 4. The van der Waals surface area contributed by atoms with Crippen LogP contribution in [0.1, 0.15) is 38.1 Å². The number of fused-ring (bicyclic) bond motifs is 1.